The first kappa shape index (κ1) is 11.9. The Bertz CT molecular complexity index is 257. The van der Waals surface area contributed by atoms with E-state index in [-0.39, 0.29) is 12.4 Å². The van der Waals surface area contributed by atoms with E-state index in [2.05, 4.69) is 4.90 Å². The number of nitrogens with zero attached hydrogens (tertiary/aromatic N) is 1. The zero-order valence-corrected chi connectivity index (χ0v) is 9.46. The molecule has 0 bridgehead atoms. The molecule has 1 aliphatic heterocycles. The van der Waals surface area contributed by atoms with Crippen molar-refractivity contribution in [3.63, 3.8) is 0 Å². The van der Waals surface area contributed by atoms with Crippen molar-refractivity contribution in [3.05, 3.63) is 0 Å². The van der Waals surface area contributed by atoms with Crippen molar-refractivity contribution < 1.29 is 13.5 Å². The topological polar surface area (TPSA) is 57.6 Å². The van der Waals surface area contributed by atoms with Gasteiger partial charge in [0.05, 0.1) is 5.75 Å². The minimum atomic E-state index is -2.83. The van der Waals surface area contributed by atoms with Gasteiger partial charge in [-0.05, 0) is 6.42 Å². The molecule has 0 radical (unpaired) electrons. The maximum Gasteiger partial charge on any atom is 0.151 e. The normalized spacial score (nSPS) is 19.6. The second-order valence-electron chi connectivity index (χ2n) is 3.96. The van der Waals surface area contributed by atoms with Gasteiger partial charge in [-0.15, -0.1) is 0 Å². The second kappa shape index (κ2) is 5.09. The zero-order valence-electron chi connectivity index (χ0n) is 8.65. The standard InChI is InChI=1S/C9H19NO3S/c1-2-4-14(12,13)5-3-10-6-9(7-10)8-11/h9,11H,2-8H2,1H3. The molecule has 14 heavy (non-hydrogen) atoms. The van der Waals surface area contributed by atoms with Gasteiger partial charge >= 0.3 is 0 Å². The lowest BCUT2D eigenvalue weighted by molar-refractivity contribution is 0.0592. The highest BCUT2D eigenvalue weighted by Gasteiger charge is 2.26. The highest BCUT2D eigenvalue weighted by atomic mass is 32.2. The highest BCUT2D eigenvalue weighted by molar-refractivity contribution is 7.91. The van der Waals surface area contributed by atoms with Crippen LogP contribution in [0.15, 0.2) is 0 Å². The van der Waals surface area contributed by atoms with E-state index in [1.54, 1.807) is 0 Å². The minimum absolute atomic E-state index is 0.220. The Labute approximate surface area is 85.8 Å². The van der Waals surface area contributed by atoms with Gasteiger partial charge in [-0.2, -0.15) is 0 Å². The third-order valence-corrected chi connectivity index (χ3v) is 4.36. The number of hydrogen-bond acceptors (Lipinski definition) is 4. The molecule has 5 heteroatoms. The predicted octanol–water partition coefficient (Wildman–Crippen LogP) is -0.265. The Balaban J connectivity index is 2.16. The minimum Gasteiger partial charge on any atom is -0.396 e. The Morgan fingerprint density at radius 3 is 2.50 bits per heavy atom. The molecule has 0 aromatic heterocycles. The summed E-state index contributed by atoms with van der Waals surface area (Å²) >= 11 is 0. The maximum absolute atomic E-state index is 11.4. The SMILES string of the molecule is CCCS(=O)(=O)CCN1CC(CO)C1. The first-order valence-electron chi connectivity index (χ1n) is 5.11. The zero-order chi connectivity index (χ0) is 10.6. The van der Waals surface area contributed by atoms with Crippen LogP contribution in [0.1, 0.15) is 13.3 Å². The van der Waals surface area contributed by atoms with Crippen LogP contribution in [0.3, 0.4) is 0 Å². The molecule has 0 aromatic carbocycles. The van der Waals surface area contributed by atoms with Crippen molar-refractivity contribution >= 4 is 9.84 Å². The van der Waals surface area contributed by atoms with Crippen molar-refractivity contribution in [2.75, 3.05) is 37.7 Å². The van der Waals surface area contributed by atoms with Gasteiger partial charge in [0.15, 0.2) is 9.84 Å². The Morgan fingerprint density at radius 2 is 2.00 bits per heavy atom. The van der Waals surface area contributed by atoms with Gasteiger partial charge in [0.25, 0.3) is 0 Å². The molecule has 0 unspecified atom stereocenters. The Hall–Kier alpha value is -0.130. The monoisotopic (exact) mass is 221 g/mol. The Kier molecular flexibility index (Phi) is 4.34. The fourth-order valence-corrected chi connectivity index (χ4v) is 3.02. The Morgan fingerprint density at radius 1 is 1.36 bits per heavy atom. The van der Waals surface area contributed by atoms with Crippen LogP contribution < -0.4 is 0 Å². The van der Waals surface area contributed by atoms with E-state index >= 15 is 0 Å². The van der Waals surface area contributed by atoms with E-state index in [1.165, 1.54) is 0 Å². The second-order valence-corrected chi connectivity index (χ2v) is 6.26. The van der Waals surface area contributed by atoms with Crippen molar-refractivity contribution in [1.29, 1.82) is 0 Å². The van der Waals surface area contributed by atoms with E-state index in [0.717, 1.165) is 13.1 Å². The lowest BCUT2D eigenvalue weighted by Crippen LogP contribution is -2.49. The molecule has 0 aliphatic carbocycles. The molecular weight excluding hydrogens is 202 g/mol. The highest BCUT2D eigenvalue weighted by Crippen LogP contribution is 2.13. The average molecular weight is 221 g/mol. The summed E-state index contributed by atoms with van der Waals surface area (Å²) in [5.74, 6) is 0.923. The number of aliphatic hydroxyl groups excluding tert-OH is 1. The summed E-state index contributed by atoms with van der Waals surface area (Å²) in [7, 11) is -2.83. The van der Waals surface area contributed by atoms with Gasteiger partial charge in [-0.25, -0.2) is 8.42 Å². The summed E-state index contributed by atoms with van der Waals surface area (Å²) in [5.41, 5.74) is 0. The van der Waals surface area contributed by atoms with Crippen LogP contribution >= 0.6 is 0 Å². The molecular formula is C9H19NO3S. The number of hydrogen-bond donors (Lipinski definition) is 1. The summed E-state index contributed by atoms with van der Waals surface area (Å²) in [6.45, 7) is 4.41. The quantitative estimate of drug-likeness (QED) is 0.671. The van der Waals surface area contributed by atoms with Gasteiger partial charge < -0.3 is 10.0 Å². The molecule has 0 atom stereocenters. The molecule has 0 spiro atoms. The molecule has 0 saturated carbocycles. The first-order valence-corrected chi connectivity index (χ1v) is 6.93. The van der Waals surface area contributed by atoms with Crippen LogP contribution in [0.25, 0.3) is 0 Å². The van der Waals surface area contributed by atoms with E-state index in [1.807, 2.05) is 6.92 Å². The largest absolute Gasteiger partial charge is 0.396 e. The first-order chi connectivity index (χ1) is 6.57. The molecule has 1 rings (SSSR count). The van der Waals surface area contributed by atoms with Crippen molar-refractivity contribution in [2.24, 2.45) is 5.92 Å². The molecule has 1 saturated heterocycles. The maximum atomic E-state index is 11.4. The number of likely N-dealkylation sites (tertiary alicyclic amines) is 1. The fourth-order valence-electron chi connectivity index (χ4n) is 1.66. The molecule has 1 N–H and O–H groups in total. The van der Waals surface area contributed by atoms with Crippen molar-refractivity contribution in [1.82, 2.24) is 4.90 Å². The van der Waals surface area contributed by atoms with Crippen molar-refractivity contribution in [2.45, 2.75) is 13.3 Å². The molecule has 1 aliphatic rings. The van der Waals surface area contributed by atoms with Crippen LogP contribution in [0, 0.1) is 5.92 Å². The molecule has 4 nitrogen and oxygen atoms in total. The number of sulfone groups is 1. The molecule has 1 heterocycles. The van der Waals surface area contributed by atoms with Gasteiger partial charge in [0, 0.05) is 37.9 Å². The van der Waals surface area contributed by atoms with Gasteiger partial charge in [-0.3, -0.25) is 0 Å². The summed E-state index contributed by atoms with van der Waals surface area (Å²) in [6.07, 6.45) is 0.696. The third-order valence-electron chi connectivity index (χ3n) is 2.52. The van der Waals surface area contributed by atoms with Crippen LogP contribution in [-0.2, 0) is 9.84 Å². The van der Waals surface area contributed by atoms with E-state index in [4.69, 9.17) is 5.11 Å². The van der Waals surface area contributed by atoms with Crippen LogP contribution in [0.4, 0.5) is 0 Å². The number of rotatable bonds is 6. The van der Waals surface area contributed by atoms with Crippen molar-refractivity contribution in [3.8, 4) is 0 Å². The summed E-state index contributed by atoms with van der Waals surface area (Å²) in [4.78, 5) is 2.08. The number of aliphatic hydroxyl groups is 1. The summed E-state index contributed by atoms with van der Waals surface area (Å²) < 4.78 is 22.7. The van der Waals surface area contributed by atoms with E-state index < -0.39 is 9.84 Å². The van der Waals surface area contributed by atoms with Crippen LogP contribution in [-0.4, -0.2) is 56.2 Å². The van der Waals surface area contributed by atoms with Crippen LogP contribution in [0.2, 0.25) is 0 Å². The predicted molar refractivity (Wildman–Crippen MR) is 56.0 cm³/mol. The summed E-state index contributed by atoms with van der Waals surface area (Å²) in [5, 5.41) is 8.77. The molecule has 0 amide bonds. The van der Waals surface area contributed by atoms with E-state index in [9.17, 15) is 8.42 Å². The van der Waals surface area contributed by atoms with Gasteiger partial charge in [0.2, 0.25) is 0 Å². The average Bonchev–Trinajstić information content (AvgIpc) is 2.01. The smallest absolute Gasteiger partial charge is 0.151 e. The van der Waals surface area contributed by atoms with Gasteiger partial charge in [0.1, 0.15) is 0 Å². The summed E-state index contributed by atoms with van der Waals surface area (Å²) in [6, 6.07) is 0. The van der Waals surface area contributed by atoms with E-state index in [0.29, 0.717) is 24.6 Å². The lowest BCUT2D eigenvalue weighted by Gasteiger charge is -2.38. The molecule has 0 aromatic rings. The molecule has 84 valence electrons. The fraction of sp³-hybridized carbons (Fsp3) is 1.00. The lowest BCUT2D eigenvalue weighted by atomic mass is 10.0. The third kappa shape index (κ3) is 3.55. The molecule has 1 fully saturated rings. The van der Waals surface area contributed by atoms with Crippen LogP contribution in [0.5, 0.6) is 0 Å². The van der Waals surface area contributed by atoms with Gasteiger partial charge in [-0.1, -0.05) is 6.92 Å².